The Morgan fingerprint density at radius 1 is 0.563 bits per heavy atom. The van der Waals surface area contributed by atoms with Crippen molar-refractivity contribution in [1.82, 2.24) is 70.1 Å². The first kappa shape index (κ1) is 74.4. The van der Waals surface area contributed by atoms with Gasteiger partial charge in [0, 0.05) is 119 Å². The van der Waals surface area contributed by atoms with Gasteiger partial charge in [0.25, 0.3) is 16.7 Å². The molecule has 0 aliphatic rings. The Morgan fingerprint density at radius 2 is 1.07 bits per heavy atom. The smallest absolute Gasteiger partial charge is 0.251 e. The molecule has 9 heterocycles. The maximum Gasteiger partial charge on any atom is 0.251 e. The van der Waals surface area contributed by atoms with E-state index >= 15 is 0 Å². The predicted octanol–water partition coefficient (Wildman–Crippen LogP) is 16.6. The van der Waals surface area contributed by atoms with Gasteiger partial charge in [-0.05, 0) is 139 Å². The molecule has 103 heavy (non-hydrogen) atoms. The van der Waals surface area contributed by atoms with E-state index in [0.717, 1.165) is 83.3 Å². The SMILES string of the molecule is CCC(C#N)(CC)n1cc(-c2cnc(C)c(-c3cc(-c4ccc(CNC)cc4)no3)n2)ccc1=O.CCC(CC)c1cc(-c2cnc(C)c(-c3cc(-c4ccc(CNC)cc4F)no3)n2)c[nH]c1=O.CCC(N)c1cccc(-c2cc(-c3nc(-c4ccc(=O)n(C(CC)CC)c4)cnc3C)on2)c1.[HH].[HH].[HH].[HH]. The first-order valence-corrected chi connectivity index (χ1v) is 34.9. The molecule has 0 amide bonds. The number of H-pyrrole nitrogens is 1. The fraction of sp³-hybridized carbons (Fsp3) is 0.312. The number of hydrogen-bond acceptors (Lipinski definition) is 19. The van der Waals surface area contributed by atoms with Crippen molar-refractivity contribution < 1.29 is 23.7 Å². The van der Waals surface area contributed by atoms with Crippen LogP contribution in [0.25, 0.3) is 102 Å². The van der Waals surface area contributed by atoms with Crippen LogP contribution < -0.4 is 33.0 Å². The molecular weight excluding hydrogens is 1300 g/mol. The van der Waals surface area contributed by atoms with E-state index in [2.05, 4.69) is 98.9 Å². The number of hydrogen-bond donors (Lipinski definition) is 4. The third-order valence-corrected chi connectivity index (χ3v) is 18.7. The van der Waals surface area contributed by atoms with Gasteiger partial charge >= 0.3 is 0 Å². The third-order valence-electron chi connectivity index (χ3n) is 18.7. The number of aromatic nitrogens is 12. The zero-order valence-corrected chi connectivity index (χ0v) is 60.3. The lowest BCUT2D eigenvalue weighted by Crippen LogP contribution is -2.38. The second kappa shape index (κ2) is 33.9. The summed E-state index contributed by atoms with van der Waals surface area (Å²) in [5, 5.41) is 28.5. The van der Waals surface area contributed by atoms with Crippen molar-refractivity contribution >= 4 is 0 Å². The molecular formula is C80H95FN16O6. The minimum absolute atomic E-state index is 0. The Labute approximate surface area is 603 Å². The van der Waals surface area contributed by atoms with E-state index in [0.29, 0.717) is 110 Å². The second-order valence-corrected chi connectivity index (χ2v) is 25.3. The van der Waals surface area contributed by atoms with Crippen molar-refractivity contribution in [3.05, 3.63) is 229 Å². The Morgan fingerprint density at radius 3 is 1.59 bits per heavy atom. The van der Waals surface area contributed by atoms with Crippen LogP contribution >= 0.6 is 0 Å². The lowest BCUT2D eigenvalue weighted by molar-refractivity contribution is 0.345. The number of aromatic amines is 1. The average Bonchev–Trinajstić information content (AvgIpc) is 1.27. The fourth-order valence-electron chi connectivity index (χ4n) is 12.3. The largest absolute Gasteiger partial charge is 0.354 e. The highest BCUT2D eigenvalue weighted by molar-refractivity contribution is 5.72. The number of nitrogens with two attached hydrogens (primary N) is 1. The Kier molecular flexibility index (Phi) is 24.5. The zero-order valence-electron chi connectivity index (χ0n) is 60.3. The number of nitrogens with zero attached hydrogens (tertiary/aromatic N) is 12. The molecule has 23 heteroatoms. The molecule has 0 radical (unpaired) electrons. The summed E-state index contributed by atoms with van der Waals surface area (Å²) in [4.78, 5) is 68.1. The van der Waals surface area contributed by atoms with Crippen molar-refractivity contribution in [2.24, 2.45) is 5.73 Å². The monoisotopic (exact) mass is 1390 g/mol. The van der Waals surface area contributed by atoms with Crippen molar-refractivity contribution in [2.75, 3.05) is 14.1 Å². The van der Waals surface area contributed by atoms with Crippen LogP contribution in [0, 0.1) is 37.9 Å². The molecule has 1 atom stereocenters. The molecule has 9 aromatic heterocycles. The lowest BCUT2D eigenvalue weighted by atomic mass is 9.94. The molecule has 12 aromatic rings. The number of pyridine rings is 3. The van der Waals surface area contributed by atoms with Crippen molar-refractivity contribution in [3.63, 3.8) is 0 Å². The number of rotatable bonds is 24. The van der Waals surface area contributed by atoms with Crippen LogP contribution in [0.5, 0.6) is 0 Å². The van der Waals surface area contributed by atoms with E-state index in [1.54, 1.807) is 65.9 Å². The van der Waals surface area contributed by atoms with Crippen LogP contribution in [-0.4, -0.2) is 73.6 Å². The summed E-state index contributed by atoms with van der Waals surface area (Å²) in [6, 6.07) is 37.5. The van der Waals surface area contributed by atoms with E-state index in [4.69, 9.17) is 34.3 Å². The summed E-state index contributed by atoms with van der Waals surface area (Å²) in [5.74, 6) is 1.25. The van der Waals surface area contributed by atoms with Crippen LogP contribution in [0.2, 0.25) is 0 Å². The van der Waals surface area contributed by atoms with Gasteiger partial charge in [-0.3, -0.25) is 33.9 Å². The molecule has 5 N–H and O–H groups in total. The van der Waals surface area contributed by atoms with Crippen LogP contribution in [-0.2, 0) is 18.6 Å². The van der Waals surface area contributed by atoms with Crippen molar-refractivity contribution in [3.8, 4) is 108 Å². The van der Waals surface area contributed by atoms with E-state index in [-0.39, 0.29) is 46.2 Å². The molecule has 3 aromatic carbocycles. The summed E-state index contributed by atoms with van der Waals surface area (Å²) in [6.45, 7) is 21.1. The Hall–Kier alpha value is -11.3. The van der Waals surface area contributed by atoms with Gasteiger partial charge in [-0.25, -0.2) is 19.3 Å². The molecule has 0 bridgehead atoms. The molecule has 0 saturated heterocycles. The van der Waals surface area contributed by atoms with E-state index < -0.39 is 5.54 Å². The summed E-state index contributed by atoms with van der Waals surface area (Å²) in [5.41, 5.74) is 20.8. The normalized spacial score (nSPS) is 11.7. The van der Waals surface area contributed by atoms with Gasteiger partial charge in [-0.1, -0.05) is 112 Å². The first-order valence-electron chi connectivity index (χ1n) is 34.9. The summed E-state index contributed by atoms with van der Waals surface area (Å²) in [6.07, 6.45) is 15.7. The van der Waals surface area contributed by atoms with Crippen LogP contribution in [0.1, 0.15) is 156 Å². The standard InChI is InChI=1S/C27H28N6O2.C27H31N5O2.C26H28FN5O2.4H2/c1-5-27(6-2,17-28)33-16-21(11-12-25(33)34)23-15-30-18(3)26(31-23)24-13-22(32-35-24)20-9-7-19(8-10-20)14-29-4;1-5-21(6-2)32-16-20(11-12-26(32)33)24-15-29-17(4)27(30-24)25-14-23(31-34-25)19-10-8-9-18(13-19)22(28)7-3;1-5-17(6-2)20-10-18(13-30-26(20)33)23-14-29-15(3)25(31-23)24-11-22(32-34-24)19-8-7-16(12-28-4)9-21(19)27;;;;/h7-13,15-16,29H,5-6,14H2,1-4H3;8-16,21-22H,5-7,28H2,1-4H3;7-11,13-14,17,28H,5-6,12H2,1-4H3,(H,30,33);4*1H. The minimum atomic E-state index is -0.906. The molecule has 0 aliphatic heterocycles. The third kappa shape index (κ3) is 16.9. The lowest BCUT2D eigenvalue weighted by Gasteiger charge is -2.26. The molecule has 0 fully saturated rings. The van der Waals surface area contributed by atoms with Crippen LogP contribution in [0.4, 0.5) is 4.39 Å². The van der Waals surface area contributed by atoms with Crippen molar-refractivity contribution in [2.45, 2.75) is 151 Å². The van der Waals surface area contributed by atoms with Gasteiger partial charge in [0.2, 0.25) is 0 Å². The molecule has 0 saturated carbocycles. The molecule has 0 aliphatic carbocycles. The highest BCUT2D eigenvalue weighted by Gasteiger charge is 2.30. The zero-order chi connectivity index (χ0) is 73.5. The maximum atomic E-state index is 14.7. The topological polar surface area (TPSA) is 306 Å². The number of nitriles is 1. The molecule has 0 spiro atoms. The van der Waals surface area contributed by atoms with Gasteiger partial charge in [-0.15, -0.1) is 0 Å². The molecule has 538 valence electrons. The van der Waals surface area contributed by atoms with Gasteiger partial charge in [0.15, 0.2) is 17.3 Å². The first-order chi connectivity index (χ1) is 49.8. The van der Waals surface area contributed by atoms with Crippen molar-refractivity contribution in [1.29, 1.82) is 5.26 Å². The summed E-state index contributed by atoms with van der Waals surface area (Å²) >= 11 is 0. The summed E-state index contributed by atoms with van der Waals surface area (Å²) in [7, 11) is 3.73. The number of halogens is 1. The quantitative estimate of drug-likeness (QED) is 0.0437. The summed E-state index contributed by atoms with van der Waals surface area (Å²) < 4.78 is 34.8. The van der Waals surface area contributed by atoms with Gasteiger partial charge in [-0.2, -0.15) is 5.26 Å². The second-order valence-electron chi connectivity index (χ2n) is 25.3. The molecule has 12 rings (SSSR count). The highest BCUT2D eigenvalue weighted by atomic mass is 19.1. The number of benzene rings is 3. The van der Waals surface area contributed by atoms with Gasteiger partial charge < -0.3 is 39.5 Å². The average molecular weight is 1400 g/mol. The van der Waals surface area contributed by atoms with E-state index in [9.17, 15) is 24.0 Å². The fourth-order valence-corrected chi connectivity index (χ4v) is 12.3. The molecule has 22 nitrogen and oxygen atoms in total. The highest BCUT2D eigenvalue weighted by Crippen LogP contribution is 2.35. The predicted molar refractivity (Wildman–Crippen MR) is 407 cm³/mol. The van der Waals surface area contributed by atoms with Crippen LogP contribution in [0.3, 0.4) is 0 Å². The molecule has 1 unspecified atom stereocenters. The minimum Gasteiger partial charge on any atom is -0.354 e. The van der Waals surface area contributed by atoms with Gasteiger partial charge in [0.05, 0.1) is 58.8 Å². The maximum absolute atomic E-state index is 14.7. The Balaban J connectivity index is 0.000000247. The van der Waals surface area contributed by atoms with Crippen LogP contribution in [0.15, 0.2) is 180 Å². The van der Waals surface area contributed by atoms with E-state index in [1.165, 1.54) is 22.3 Å². The number of nitrogens with one attached hydrogen (secondary N) is 3. The van der Waals surface area contributed by atoms with E-state index in [1.807, 2.05) is 116 Å². The van der Waals surface area contributed by atoms with Gasteiger partial charge in [0.1, 0.15) is 45.5 Å². The Bertz CT molecular complexity index is 5150. The number of aryl methyl sites for hydroxylation is 3.